The van der Waals surface area contributed by atoms with Gasteiger partial charge in [0.25, 0.3) is 0 Å². The van der Waals surface area contributed by atoms with E-state index in [2.05, 4.69) is 59.9 Å². The van der Waals surface area contributed by atoms with E-state index in [1.54, 1.807) is 7.11 Å². The summed E-state index contributed by atoms with van der Waals surface area (Å²) in [6.07, 6.45) is 8.96. The monoisotopic (exact) mass is 337 g/mol. The Balaban J connectivity index is 1.55. The van der Waals surface area contributed by atoms with Crippen molar-refractivity contribution in [3.8, 4) is 11.5 Å². The summed E-state index contributed by atoms with van der Waals surface area (Å²) in [5.74, 6) is 1.63. The largest absolute Gasteiger partial charge is 0.493 e. The molecular formula is C22H27NO2. The molecule has 0 bridgehead atoms. The van der Waals surface area contributed by atoms with Gasteiger partial charge in [-0.3, -0.25) is 0 Å². The van der Waals surface area contributed by atoms with Crippen LogP contribution in [0.2, 0.25) is 0 Å². The van der Waals surface area contributed by atoms with Crippen molar-refractivity contribution in [1.82, 2.24) is 5.32 Å². The van der Waals surface area contributed by atoms with Crippen molar-refractivity contribution >= 4 is 0 Å². The van der Waals surface area contributed by atoms with Gasteiger partial charge in [0.1, 0.15) is 6.10 Å². The third-order valence-electron chi connectivity index (χ3n) is 4.48. The van der Waals surface area contributed by atoms with E-state index in [-0.39, 0.29) is 6.10 Å². The van der Waals surface area contributed by atoms with Crippen molar-refractivity contribution in [2.45, 2.75) is 38.3 Å². The normalized spacial score (nSPS) is 16.6. The Morgan fingerprint density at radius 3 is 2.68 bits per heavy atom. The Morgan fingerprint density at radius 1 is 1.04 bits per heavy atom. The summed E-state index contributed by atoms with van der Waals surface area (Å²) >= 11 is 0. The molecule has 0 radical (unpaired) electrons. The zero-order chi connectivity index (χ0) is 17.3. The zero-order valence-corrected chi connectivity index (χ0v) is 14.9. The predicted molar refractivity (Wildman–Crippen MR) is 102 cm³/mol. The summed E-state index contributed by atoms with van der Waals surface area (Å²) in [6.45, 7) is 1.78. The molecule has 0 amide bonds. The molecule has 1 aliphatic carbocycles. The number of ether oxygens (including phenoxy) is 2. The fourth-order valence-electron chi connectivity index (χ4n) is 3.08. The van der Waals surface area contributed by atoms with Crippen LogP contribution >= 0.6 is 0 Å². The van der Waals surface area contributed by atoms with Crippen molar-refractivity contribution in [1.29, 1.82) is 0 Å². The van der Waals surface area contributed by atoms with Crippen LogP contribution in [0.3, 0.4) is 0 Å². The summed E-state index contributed by atoms with van der Waals surface area (Å²) in [7, 11) is 1.69. The molecule has 2 aromatic carbocycles. The number of hydrogen-bond donors (Lipinski definition) is 1. The van der Waals surface area contributed by atoms with Crippen LogP contribution in [0.15, 0.2) is 60.7 Å². The van der Waals surface area contributed by atoms with Gasteiger partial charge in [0.2, 0.25) is 0 Å². The van der Waals surface area contributed by atoms with Gasteiger partial charge < -0.3 is 14.8 Å². The van der Waals surface area contributed by atoms with E-state index in [0.717, 1.165) is 43.9 Å². The molecule has 3 heteroatoms. The third kappa shape index (κ3) is 5.36. The summed E-state index contributed by atoms with van der Waals surface area (Å²) in [5, 5.41) is 3.51. The molecule has 25 heavy (non-hydrogen) atoms. The first kappa shape index (κ1) is 17.6. The summed E-state index contributed by atoms with van der Waals surface area (Å²) in [6, 6.07) is 16.7. The number of rotatable bonds is 8. The van der Waals surface area contributed by atoms with Crippen LogP contribution < -0.4 is 14.8 Å². The summed E-state index contributed by atoms with van der Waals surface area (Å²) in [4.78, 5) is 0. The second kappa shape index (κ2) is 9.28. The zero-order valence-electron chi connectivity index (χ0n) is 14.9. The van der Waals surface area contributed by atoms with E-state index in [4.69, 9.17) is 9.47 Å². The molecular weight excluding hydrogens is 310 g/mol. The van der Waals surface area contributed by atoms with E-state index in [1.807, 2.05) is 6.07 Å². The van der Waals surface area contributed by atoms with E-state index >= 15 is 0 Å². The Kier molecular flexibility index (Phi) is 6.52. The number of nitrogens with one attached hydrogen (secondary N) is 1. The van der Waals surface area contributed by atoms with Crippen LogP contribution in [0.4, 0.5) is 0 Å². The minimum absolute atomic E-state index is 0.156. The predicted octanol–water partition coefficient (Wildman–Crippen LogP) is 4.52. The maximum Gasteiger partial charge on any atom is 0.162 e. The average molecular weight is 337 g/mol. The second-order valence-corrected chi connectivity index (χ2v) is 6.41. The van der Waals surface area contributed by atoms with Gasteiger partial charge in [-0.05, 0) is 61.6 Å². The molecule has 0 aliphatic heterocycles. The van der Waals surface area contributed by atoms with Crippen LogP contribution in [0.1, 0.15) is 30.4 Å². The first-order valence-electron chi connectivity index (χ1n) is 9.10. The van der Waals surface area contributed by atoms with E-state index in [1.165, 1.54) is 17.5 Å². The smallest absolute Gasteiger partial charge is 0.162 e. The lowest BCUT2D eigenvalue weighted by molar-refractivity contribution is 0.219. The quantitative estimate of drug-likeness (QED) is 0.568. The van der Waals surface area contributed by atoms with Crippen molar-refractivity contribution in [2.24, 2.45) is 0 Å². The molecule has 1 aliphatic rings. The van der Waals surface area contributed by atoms with Gasteiger partial charge >= 0.3 is 0 Å². The van der Waals surface area contributed by atoms with Crippen LogP contribution in [0.25, 0.3) is 0 Å². The van der Waals surface area contributed by atoms with Gasteiger partial charge in [-0.25, -0.2) is 0 Å². The lowest BCUT2D eigenvalue weighted by atomic mass is 10.1. The highest BCUT2D eigenvalue weighted by atomic mass is 16.5. The van der Waals surface area contributed by atoms with Crippen molar-refractivity contribution < 1.29 is 9.47 Å². The molecule has 0 fully saturated rings. The SMILES string of the molecule is COc1ccc(CNCCc2ccccc2)cc1OC1C=CCCC1. The van der Waals surface area contributed by atoms with Gasteiger partial charge in [-0.2, -0.15) is 0 Å². The summed E-state index contributed by atoms with van der Waals surface area (Å²) < 4.78 is 11.6. The molecule has 3 nitrogen and oxygen atoms in total. The highest BCUT2D eigenvalue weighted by Gasteiger charge is 2.13. The van der Waals surface area contributed by atoms with Crippen LogP contribution in [-0.2, 0) is 13.0 Å². The minimum Gasteiger partial charge on any atom is -0.493 e. The van der Waals surface area contributed by atoms with Gasteiger partial charge in [0.15, 0.2) is 11.5 Å². The topological polar surface area (TPSA) is 30.5 Å². The molecule has 0 spiro atoms. The molecule has 132 valence electrons. The average Bonchev–Trinajstić information content (AvgIpc) is 2.67. The number of allylic oxidation sites excluding steroid dienone is 1. The maximum atomic E-state index is 6.15. The fraction of sp³-hybridized carbons (Fsp3) is 0.364. The molecule has 0 saturated carbocycles. The van der Waals surface area contributed by atoms with Crippen molar-refractivity contribution in [2.75, 3.05) is 13.7 Å². The lowest BCUT2D eigenvalue weighted by Gasteiger charge is -2.20. The van der Waals surface area contributed by atoms with Crippen molar-refractivity contribution in [3.05, 3.63) is 71.8 Å². The van der Waals surface area contributed by atoms with Gasteiger partial charge in [-0.15, -0.1) is 0 Å². The number of benzene rings is 2. The second-order valence-electron chi connectivity index (χ2n) is 6.41. The molecule has 1 N–H and O–H groups in total. The highest BCUT2D eigenvalue weighted by Crippen LogP contribution is 2.30. The first-order chi connectivity index (χ1) is 12.3. The number of hydrogen-bond acceptors (Lipinski definition) is 3. The maximum absolute atomic E-state index is 6.15. The third-order valence-corrected chi connectivity index (χ3v) is 4.48. The van der Waals surface area contributed by atoms with Gasteiger partial charge in [-0.1, -0.05) is 42.5 Å². The molecule has 2 aromatic rings. The molecule has 0 heterocycles. The molecule has 1 unspecified atom stereocenters. The Labute approximate surface area is 150 Å². The molecule has 0 saturated heterocycles. The van der Waals surface area contributed by atoms with E-state index in [9.17, 15) is 0 Å². The van der Waals surface area contributed by atoms with Crippen molar-refractivity contribution in [3.63, 3.8) is 0 Å². The Hall–Kier alpha value is -2.26. The molecule has 1 atom stereocenters. The standard InChI is InChI=1S/C22H27NO2/c1-24-21-13-12-19(16-22(21)25-20-10-6-3-7-11-20)17-23-15-14-18-8-4-2-5-9-18/h2,4-6,8-10,12-13,16,20,23H,3,7,11,14-15,17H2,1H3. The minimum atomic E-state index is 0.156. The van der Waals surface area contributed by atoms with Crippen LogP contribution in [-0.4, -0.2) is 19.8 Å². The summed E-state index contributed by atoms with van der Waals surface area (Å²) in [5.41, 5.74) is 2.57. The fourth-order valence-corrected chi connectivity index (χ4v) is 3.08. The van der Waals surface area contributed by atoms with Crippen LogP contribution in [0, 0.1) is 0 Å². The van der Waals surface area contributed by atoms with Gasteiger partial charge in [0, 0.05) is 6.54 Å². The Bertz CT molecular complexity index is 682. The number of methoxy groups -OCH3 is 1. The first-order valence-corrected chi connectivity index (χ1v) is 9.10. The van der Waals surface area contributed by atoms with Gasteiger partial charge in [0.05, 0.1) is 7.11 Å². The van der Waals surface area contributed by atoms with E-state index < -0.39 is 0 Å². The lowest BCUT2D eigenvalue weighted by Crippen LogP contribution is -2.18. The highest BCUT2D eigenvalue weighted by molar-refractivity contribution is 5.43. The van der Waals surface area contributed by atoms with E-state index in [0.29, 0.717) is 0 Å². The Morgan fingerprint density at radius 2 is 1.92 bits per heavy atom. The molecule has 0 aromatic heterocycles. The molecule has 3 rings (SSSR count). The van der Waals surface area contributed by atoms with Crippen LogP contribution in [0.5, 0.6) is 11.5 Å².